The Morgan fingerprint density at radius 3 is 2.35 bits per heavy atom. The van der Waals surface area contributed by atoms with Crippen molar-refractivity contribution in [2.75, 3.05) is 6.26 Å². The topological polar surface area (TPSA) is 17.1 Å². The van der Waals surface area contributed by atoms with Crippen LogP contribution in [0.25, 0.3) is 6.08 Å². The van der Waals surface area contributed by atoms with E-state index in [-0.39, 0.29) is 5.78 Å². The monoisotopic (exact) mass is 506 g/mol. The van der Waals surface area contributed by atoms with Crippen LogP contribution in [0.5, 0.6) is 0 Å². The van der Waals surface area contributed by atoms with Gasteiger partial charge in [0.2, 0.25) is 0 Å². The Balaban J connectivity index is 2.13. The molecule has 0 spiro atoms. The van der Waals surface area contributed by atoms with Crippen LogP contribution in [0.2, 0.25) is 0 Å². The summed E-state index contributed by atoms with van der Waals surface area (Å²) in [5.74, 6) is 0.0335. The zero-order valence-corrected chi connectivity index (χ0v) is 15.9. The molecule has 0 heterocycles. The summed E-state index contributed by atoms with van der Waals surface area (Å²) < 4.78 is 2.42. The summed E-state index contributed by atoms with van der Waals surface area (Å²) in [6.45, 7) is 0. The van der Waals surface area contributed by atoms with Gasteiger partial charge in [-0.05, 0) is 99.5 Å². The van der Waals surface area contributed by atoms with Gasteiger partial charge in [0.05, 0.1) is 0 Å². The molecule has 0 saturated carbocycles. The molecule has 0 aliphatic carbocycles. The van der Waals surface area contributed by atoms with Gasteiger partial charge < -0.3 is 0 Å². The number of hydrogen-bond donors (Lipinski definition) is 0. The molecule has 0 radical (unpaired) electrons. The summed E-state index contributed by atoms with van der Waals surface area (Å²) in [7, 11) is 0. The Kier molecular flexibility index (Phi) is 6.10. The molecule has 0 N–H and O–H groups in total. The van der Waals surface area contributed by atoms with Gasteiger partial charge in [0, 0.05) is 17.6 Å². The lowest BCUT2D eigenvalue weighted by Crippen LogP contribution is -1.93. The van der Waals surface area contributed by atoms with Crippen molar-refractivity contribution in [3.63, 3.8) is 0 Å². The minimum absolute atomic E-state index is 0.0335. The Bertz CT molecular complexity index is 648. The van der Waals surface area contributed by atoms with E-state index >= 15 is 0 Å². The SMILES string of the molecule is CSc1ccc(C(=O)C=Cc2ccc(I)c(I)c2)cc1. The zero-order valence-electron chi connectivity index (χ0n) is 10.8. The van der Waals surface area contributed by atoms with Crippen molar-refractivity contribution >= 4 is 68.8 Å². The average Bonchev–Trinajstić information content (AvgIpc) is 2.48. The van der Waals surface area contributed by atoms with Crippen molar-refractivity contribution in [2.45, 2.75) is 4.90 Å². The Morgan fingerprint density at radius 1 is 1.05 bits per heavy atom. The predicted molar refractivity (Wildman–Crippen MR) is 103 cm³/mol. The maximum absolute atomic E-state index is 12.1. The number of halogens is 2. The highest BCUT2D eigenvalue weighted by atomic mass is 127. The standard InChI is InChI=1S/C16H12I2OS/c1-20-13-6-4-12(5-7-13)16(19)9-3-11-2-8-14(17)15(18)10-11/h2-10H,1H3. The van der Waals surface area contributed by atoms with Gasteiger partial charge in [0.15, 0.2) is 5.78 Å². The first-order chi connectivity index (χ1) is 9.60. The lowest BCUT2D eigenvalue weighted by Gasteiger charge is -2.00. The van der Waals surface area contributed by atoms with Gasteiger partial charge >= 0.3 is 0 Å². The van der Waals surface area contributed by atoms with Gasteiger partial charge in [-0.3, -0.25) is 4.79 Å². The Hall–Kier alpha value is -0.340. The molecule has 0 fully saturated rings. The lowest BCUT2D eigenvalue weighted by molar-refractivity contribution is 0.104. The third-order valence-electron chi connectivity index (χ3n) is 2.75. The van der Waals surface area contributed by atoms with Crippen molar-refractivity contribution in [1.82, 2.24) is 0 Å². The maximum atomic E-state index is 12.1. The van der Waals surface area contributed by atoms with Crippen LogP contribution in [0.3, 0.4) is 0 Å². The van der Waals surface area contributed by atoms with Gasteiger partial charge in [-0.2, -0.15) is 0 Å². The molecule has 0 saturated heterocycles. The Labute approximate surface area is 150 Å². The number of benzene rings is 2. The van der Waals surface area contributed by atoms with Crippen LogP contribution in [0.1, 0.15) is 15.9 Å². The van der Waals surface area contributed by atoms with Crippen LogP contribution in [0, 0.1) is 7.14 Å². The fraction of sp³-hybridized carbons (Fsp3) is 0.0625. The minimum Gasteiger partial charge on any atom is -0.289 e. The van der Waals surface area contributed by atoms with Crippen LogP contribution in [-0.2, 0) is 0 Å². The quantitative estimate of drug-likeness (QED) is 0.236. The number of carbonyl (C=O) groups is 1. The van der Waals surface area contributed by atoms with Gasteiger partial charge in [-0.1, -0.05) is 12.1 Å². The second kappa shape index (κ2) is 7.61. The molecule has 2 rings (SSSR count). The third-order valence-corrected chi connectivity index (χ3v) is 6.35. The number of rotatable bonds is 4. The van der Waals surface area contributed by atoms with E-state index < -0.39 is 0 Å². The highest BCUT2D eigenvalue weighted by molar-refractivity contribution is 14.1. The fourth-order valence-corrected chi connectivity index (χ4v) is 2.92. The van der Waals surface area contributed by atoms with Gasteiger partial charge in [-0.25, -0.2) is 0 Å². The van der Waals surface area contributed by atoms with Gasteiger partial charge in [0.25, 0.3) is 0 Å². The molecule has 20 heavy (non-hydrogen) atoms. The van der Waals surface area contributed by atoms with E-state index in [0.29, 0.717) is 0 Å². The summed E-state index contributed by atoms with van der Waals surface area (Å²) in [6, 6.07) is 13.8. The third kappa shape index (κ3) is 4.33. The summed E-state index contributed by atoms with van der Waals surface area (Å²) in [5, 5.41) is 0. The molecule has 0 aliphatic rings. The van der Waals surface area contributed by atoms with E-state index in [9.17, 15) is 4.79 Å². The van der Waals surface area contributed by atoms with Crippen molar-refractivity contribution < 1.29 is 4.79 Å². The number of allylic oxidation sites excluding steroid dienone is 1. The van der Waals surface area contributed by atoms with E-state index in [1.165, 1.54) is 7.14 Å². The molecule has 0 aliphatic heterocycles. The molecular weight excluding hydrogens is 494 g/mol. The first-order valence-electron chi connectivity index (χ1n) is 5.91. The molecule has 0 atom stereocenters. The van der Waals surface area contributed by atoms with Crippen LogP contribution in [0.4, 0.5) is 0 Å². The fourth-order valence-electron chi connectivity index (χ4n) is 1.64. The highest BCUT2D eigenvalue weighted by Crippen LogP contribution is 2.18. The molecule has 102 valence electrons. The average molecular weight is 506 g/mol. The predicted octanol–water partition coefficient (Wildman–Crippen LogP) is 5.51. The molecule has 0 bridgehead atoms. The van der Waals surface area contributed by atoms with Crippen LogP contribution < -0.4 is 0 Å². The maximum Gasteiger partial charge on any atom is 0.185 e. The molecule has 0 amide bonds. The first kappa shape index (κ1) is 16.0. The summed E-state index contributed by atoms with van der Waals surface area (Å²) in [5.41, 5.74) is 1.77. The molecule has 4 heteroatoms. The number of hydrogen-bond acceptors (Lipinski definition) is 2. The van der Waals surface area contributed by atoms with E-state index in [1.54, 1.807) is 17.8 Å². The van der Waals surface area contributed by atoms with Crippen molar-refractivity contribution in [3.8, 4) is 0 Å². The van der Waals surface area contributed by atoms with Crippen molar-refractivity contribution in [1.29, 1.82) is 0 Å². The highest BCUT2D eigenvalue weighted by Gasteiger charge is 2.02. The van der Waals surface area contributed by atoms with Crippen molar-refractivity contribution in [2.24, 2.45) is 0 Å². The van der Waals surface area contributed by atoms with Crippen LogP contribution in [-0.4, -0.2) is 12.0 Å². The van der Waals surface area contributed by atoms with Gasteiger partial charge in [0.1, 0.15) is 0 Å². The largest absolute Gasteiger partial charge is 0.289 e. The smallest absolute Gasteiger partial charge is 0.185 e. The normalized spacial score (nSPS) is 10.9. The minimum atomic E-state index is 0.0335. The summed E-state index contributed by atoms with van der Waals surface area (Å²) in [6.07, 6.45) is 5.52. The number of carbonyl (C=O) groups excluding carboxylic acids is 1. The number of thioether (sulfide) groups is 1. The van der Waals surface area contributed by atoms with Crippen LogP contribution >= 0.6 is 56.9 Å². The van der Waals surface area contributed by atoms with E-state index in [4.69, 9.17) is 0 Å². The molecule has 1 nitrogen and oxygen atoms in total. The molecule has 2 aromatic rings. The van der Waals surface area contributed by atoms with E-state index in [2.05, 4.69) is 57.3 Å². The van der Waals surface area contributed by atoms with E-state index in [0.717, 1.165) is 16.0 Å². The van der Waals surface area contributed by atoms with Gasteiger partial charge in [-0.15, -0.1) is 11.8 Å². The summed E-state index contributed by atoms with van der Waals surface area (Å²) >= 11 is 6.27. The van der Waals surface area contributed by atoms with Crippen LogP contribution in [0.15, 0.2) is 53.4 Å². The summed E-state index contributed by atoms with van der Waals surface area (Å²) in [4.78, 5) is 13.2. The zero-order chi connectivity index (χ0) is 14.5. The van der Waals surface area contributed by atoms with E-state index in [1.807, 2.05) is 42.7 Å². The van der Waals surface area contributed by atoms with Crippen molar-refractivity contribution in [3.05, 3.63) is 66.8 Å². The number of ketones is 1. The second-order valence-corrected chi connectivity index (χ2v) is 7.30. The molecular formula is C16H12I2OS. The Morgan fingerprint density at radius 2 is 1.75 bits per heavy atom. The molecule has 0 aromatic heterocycles. The molecule has 2 aromatic carbocycles. The second-order valence-electron chi connectivity index (χ2n) is 4.10. The lowest BCUT2D eigenvalue weighted by atomic mass is 10.1. The molecule has 0 unspecified atom stereocenters. The first-order valence-corrected chi connectivity index (χ1v) is 9.30.